The average Bonchev–Trinajstić information content (AvgIpc) is 2.94. The van der Waals surface area contributed by atoms with Gasteiger partial charge in [0, 0.05) is 5.92 Å². The van der Waals surface area contributed by atoms with E-state index in [4.69, 9.17) is 10.8 Å². The number of carbonyl (C=O) groups is 1. The van der Waals surface area contributed by atoms with Gasteiger partial charge in [-0.2, -0.15) is 0 Å². The summed E-state index contributed by atoms with van der Waals surface area (Å²) in [5.41, 5.74) is 6.60. The second kappa shape index (κ2) is 4.25. The molecule has 4 N–H and O–H groups in total. The summed E-state index contributed by atoms with van der Waals surface area (Å²) in [7, 11) is 0. The molecule has 1 aliphatic rings. The molecule has 2 unspecified atom stereocenters. The molecule has 19 heavy (non-hydrogen) atoms. The van der Waals surface area contributed by atoms with Crippen LogP contribution in [0.4, 0.5) is 5.82 Å². The fourth-order valence-electron chi connectivity index (χ4n) is 2.51. The number of hydrogen-bond acceptors (Lipinski definition) is 7. The molecule has 1 fully saturated rings. The molecule has 0 spiro atoms. The van der Waals surface area contributed by atoms with E-state index < -0.39 is 18.1 Å². The van der Waals surface area contributed by atoms with E-state index in [0.29, 0.717) is 17.6 Å². The Bertz CT molecular complexity index is 640. The lowest BCUT2D eigenvalue weighted by atomic mass is 10.1. The first-order valence-corrected chi connectivity index (χ1v) is 5.89. The molecule has 8 nitrogen and oxygen atoms in total. The van der Waals surface area contributed by atoms with E-state index in [1.54, 1.807) is 4.57 Å². The zero-order chi connectivity index (χ0) is 13.6. The quantitative estimate of drug-likeness (QED) is 0.627. The zero-order valence-electron chi connectivity index (χ0n) is 9.97. The summed E-state index contributed by atoms with van der Waals surface area (Å²) in [6.07, 6.45) is 1.98. The van der Waals surface area contributed by atoms with Gasteiger partial charge in [-0.25, -0.2) is 15.0 Å². The van der Waals surface area contributed by atoms with Crippen LogP contribution in [0.15, 0.2) is 12.7 Å². The lowest BCUT2D eigenvalue weighted by molar-refractivity contribution is -0.129. The van der Waals surface area contributed by atoms with E-state index in [0.717, 1.165) is 0 Å². The van der Waals surface area contributed by atoms with Crippen molar-refractivity contribution in [3.05, 3.63) is 12.7 Å². The highest BCUT2D eigenvalue weighted by molar-refractivity contribution is 5.89. The number of imidazole rings is 1. The van der Waals surface area contributed by atoms with Crippen molar-refractivity contribution < 1.29 is 15.0 Å². The normalized spacial score (nSPS) is 27.3. The van der Waals surface area contributed by atoms with E-state index >= 15 is 0 Å². The minimum Gasteiger partial charge on any atom is -0.396 e. The first kappa shape index (κ1) is 12.0. The summed E-state index contributed by atoms with van der Waals surface area (Å²) in [5.74, 6) is -0.644. The molecule has 2 aromatic heterocycles. The van der Waals surface area contributed by atoms with Crippen LogP contribution in [0.3, 0.4) is 0 Å². The lowest BCUT2D eigenvalue weighted by Gasteiger charge is -2.15. The highest BCUT2D eigenvalue weighted by Crippen LogP contribution is 2.34. The first-order valence-electron chi connectivity index (χ1n) is 5.89. The molecule has 0 amide bonds. The number of aliphatic hydroxyl groups is 2. The molecule has 3 atom stereocenters. The third kappa shape index (κ3) is 1.68. The van der Waals surface area contributed by atoms with Crippen LogP contribution in [0.5, 0.6) is 0 Å². The smallest absolute Gasteiger partial charge is 0.168 e. The molecular formula is C11H13N5O3. The van der Waals surface area contributed by atoms with Crippen LogP contribution in [0, 0.1) is 5.92 Å². The largest absolute Gasteiger partial charge is 0.396 e. The number of carbonyl (C=O) groups excluding carboxylic acids is 1. The van der Waals surface area contributed by atoms with Crippen molar-refractivity contribution in [3.8, 4) is 0 Å². The molecule has 2 heterocycles. The van der Waals surface area contributed by atoms with Crippen LogP contribution in [0.1, 0.15) is 12.5 Å². The van der Waals surface area contributed by atoms with Crippen molar-refractivity contribution in [1.82, 2.24) is 19.5 Å². The third-order valence-corrected chi connectivity index (χ3v) is 3.55. The predicted molar refractivity (Wildman–Crippen MR) is 65.0 cm³/mol. The Kier molecular flexibility index (Phi) is 2.68. The van der Waals surface area contributed by atoms with Crippen LogP contribution >= 0.6 is 0 Å². The van der Waals surface area contributed by atoms with Gasteiger partial charge < -0.3 is 20.5 Å². The molecule has 8 heteroatoms. The number of anilines is 1. The highest BCUT2D eigenvalue weighted by atomic mass is 16.3. The van der Waals surface area contributed by atoms with Crippen molar-refractivity contribution in [2.45, 2.75) is 18.6 Å². The Hall–Kier alpha value is -2.06. The summed E-state index contributed by atoms with van der Waals surface area (Å²) >= 11 is 0. The molecule has 1 aliphatic carbocycles. The van der Waals surface area contributed by atoms with Crippen molar-refractivity contribution >= 4 is 22.8 Å². The first-order chi connectivity index (χ1) is 9.13. The van der Waals surface area contributed by atoms with Gasteiger partial charge in [-0.15, -0.1) is 0 Å². The maximum Gasteiger partial charge on any atom is 0.168 e. The van der Waals surface area contributed by atoms with Gasteiger partial charge in [-0.1, -0.05) is 0 Å². The number of nitrogen functional groups attached to an aromatic ring is 1. The van der Waals surface area contributed by atoms with Gasteiger partial charge in [0.2, 0.25) is 0 Å². The monoisotopic (exact) mass is 263 g/mol. The number of Topliss-reactive ketones (excluding diaryl/α,β-unsaturated/α-hetero) is 1. The number of nitrogens with zero attached hydrogens (tertiary/aromatic N) is 4. The number of aliphatic hydroxyl groups excluding tert-OH is 2. The van der Waals surface area contributed by atoms with Crippen LogP contribution < -0.4 is 5.73 Å². The number of aromatic nitrogens is 4. The summed E-state index contributed by atoms with van der Waals surface area (Å²) in [4.78, 5) is 23.8. The number of ketones is 1. The molecule has 0 radical (unpaired) electrons. The summed E-state index contributed by atoms with van der Waals surface area (Å²) in [6.45, 7) is -0.268. The van der Waals surface area contributed by atoms with E-state index in [2.05, 4.69) is 15.0 Å². The summed E-state index contributed by atoms with van der Waals surface area (Å²) < 4.78 is 1.62. The van der Waals surface area contributed by atoms with Gasteiger partial charge in [0.15, 0.2) is 17.2 Å². The minimum atomic E-state index is -1.16. The van der Waals surface area contributed by atoms with Gasteiger partial charge in [0.25, 0.3) is 0 Å². The fourth-order valence-corrected chi connectivity index (χ4v) is 2.51. The number of nitrogens with two attached hydrogens (primary N) is 1. The number of fused-ring (bicyclic) bond motifs is 1. The van der Waals surface area contributed by atoms with E-state index in [1.807, 2.05) is 0 Å². The summed E-state index contributed by atoms with van der Waals surface area (Å²) in [5, 5.41) is 19.1. The summed E-state index contributed by atoms with van der Waals surface area (Å²) in [6, 6.07) is -0.482. The van der Waals surface area contributed by atoms with Gasteiger partial charge in [0.05, 0.1) is 19.0 Å². The number of hydrogen-bond donors (Lipinski definition) is 3. The van der Waals surface area contributed by atoms with Crippen molar-refractivity contribution in [3.63, 3.8) is 0 Å². The Morgan fingerprint density at radius 3 is 2.89 bits per heavy atom. The molecule has 0 aromatic carbocycles. The second-order valence-electron chi connectivity index (χ2n) is 4.61. The molecule has 0 saturated heterocycles. The Morgan fingerprint density at radius 1 is 1.42 bits per heavy atom. The van der Waals surface area contributed by atoms with Gasteiger partial charge in [-0.3, -0.25) is 4.79 Å². The fraction of sp³-hybridized carbons (Fsp3) is 0.455. The minimum absolute atomic E-state index is 0.251. The van der Waals surface area contributed by atoms with Gasteiger partial charge in [-0.05, 0) is 6.42 Å². The third-order valence-electron chi connectivity index (χ3n) is 3.55. The predicted octanol–water partition coefficient (Wildman–Crippen LogP) is -1.11. The van der Waals surface area contributed by atoms with Crippen molar-refractivity contribution in [2.24, 2.45) is 5.92 Å². The highest BCUT2D eigenvalue weighted by Gasteiger charge is 2.42. The van der Waals surface area contributed by atoms with Crippen LogP contribution in [-0.4, -0.2) is 48.2 Å². The number of rotatable bonds is 2. The van der Waals surface area contributed by atoms with Gasteiger partial charge >= 0.3 is 0 Å². The van der Waals surface area contributed by atoms with Crippen molar-refractivity contribution in [2.75, 3.05) is 12.3 Å². The van der Waals surface area contributed by atoms with Crippen LogP contribution in [0.25, 0.3) is 11.2 Å². The standard InChI is InChI=1S/C11H13N5O3/c12-10-7-11(14-3-13-10)16(4-15-7)6-1-5(2-17)8(18)9(6)19/h3-6,9,17,19H,1-2H2,(H2,12,13,14)/t5?,6-,9?/m1/s1. The van der Waals surface area contributed by atoms with E-state index in [-0.39, 0.29) is 18.2 Å². The molecule has 1 saturated carbocycles. The van der Waals surface area contributed by atoms with Crippen LogP contribution in [-0.2, 0) is 4.79 Å². The maximum atomic E-state index is 11.7. The lowest BCUT2D eigenvalue weighted by Crippen LogP contribution is -2.25. The molecule has 0 aliphatic heterocycles. The zero-order valence-corrected chi connectivity index (χ0v) is 9.97. The molecule has 100 valence electrons. The Morgan fingerprint density at radius 2 is 2.21 bits per heavy atom. The maximum absolute atomic E-state index is 11.7. The average molecular weight is 263 g/mol. The molecule has 0 bridgehead atoms. The van der Waals surface area contributed by atoms with Crippen LogP contribution in [0.2, 0.25) is 0 Å². The Balaban J connectivity index is 2.06. The Labute approximate surface area is 107 Å². The topological polar surface area (TPSA) is 127 Å². The molecule has 3 rings (SSSR count). The second-order valence-corrected chi connectivity index (χ2v) is 4.61. The van der Waals surface area contributed by atoms with E-state index in [1.165, 1.54) is 12.7 Å². The van der Waals surface area contributed by atoms with E-state index in [9.17, 15) is 9.90 Å². The van der Waals surface area contributed by atoms with Gasteiger partial charge in [0.1, 0.15) is 17.9 Å². The molecule has 2 aromatic rings. The SMILES string of the molecule is Nc1ncnc2c1ncn2[C@@H]1CC(CO)C(=O)C1O. The molecular weight excluding hydrogens is 250 g/mol. The van der Waals surface area contributed by atoms with Crippen molar-refractivity contribution in [1.29, 1.82) is 0 Å².